The van der Waals surface area contributed by atoms with E-state index < -0.39 is 0 Å². The SMILES string of the molecule is Clc1ncccc1-c1ccc2nccn2c1. The number of pyridine rings is 2. The summed E-state index contributed by atoms with van der Waals surface area (Å²) in [6.45, 7) is 0. The molecule has 3 rings (SSSR count). The van der Waals surface area contributed by atoms with Crippen molar-refractivity contribution in [1.82, 2.24) is 14.4 Å². The number of rotatable bonds is 1. The molecule has 0 fully saturated rings. The van der Waals surface area contributed by atoms with Gasteiger partial charge >= 0.3 is 0 Å². The van der Waals surface area contributed by atoms with Crippen LogP contribution in [-0.4, -0.2) is 14.4 Å². The molecule has 0 atom stereocenters. The molecular formula is C12H8ClN3. The van der Waals surface area contributed by atoms with E-state index in [1.807, 2.05) is 41.1 Å². The molecular weight excluding hydrogens is 222 g/mol. The summed E-state index contributed by atoms with van der Waals surface area (Å²) in [5.41, 5.74) is 2.88. The molecule has 0 spiro atoms. The Labute approximate surface area is 97.3 Å². The number of imidazole rings is 1. The molecule has 0 aliphatic rings. The predicted molar refractivity (Wildman–Crippen MR) is 63.4 cm³/mol. The van der Waals surface area contributed by atoms with E-state index in [0.717, 1.165) is 16.8 Å². The highest BCUT2D eigenvalue weighted by Crippen LogP contribution is 2.25. The van der Waals surface area contributed by atoms with Crippen molar-refractivity contribution in [2.45, 2.75) is 0 Å². The van der Waals surface area contributed by atoms with Crippen LogP contribution in [0.2, 0.25) is 5.15 Å². The number of halogens is 1. The molecule has 0 aliphatic carbocycles. The number of hydrogen-bond donors (Lipinski definition) is 0. The maximum Gasteiger partial charge on any atom is 0.136 e. The highest BCUT2D eigenvalue weighted by Gasteiger charge is 2.04. The summed E-state index contributed by atoms with van der Waals surface area (Å²) in [4.78, 5) is 8.25. The van der Waals surface area contributed by atoms with Gasteiger partial charge in [0, 0.05) is 35.9 Å². The van der Waals surface area contributed by atoms with E-state index in [-0.39, 0.29) is 0 Å². The molecule has 0 N–H and O–H groups in total. The van der Waals surface area contributed by atoms with Gasteiger partial charge in [0.1, 0.15) is 10.8 Å². The Balaban J connectivity index is 2.22. The van der Waals surface area contributed by atoms with E-state index in [1.54, 1.807) is 12.4 Å². The van der Waals surface area contributed by atoms with E-state index >= 15 is 0 Å². The summed E-state index contributed by atoms with van der Waals surface area (Å²) < 4.78 is 1.96. The summed E-state index contributed by atoms with van der Waals surface area (Å²) in [6, 6.07) is 7.77. The van der Waals surface area contributed by atoms with Crippen molar-refractivity contribution >= 4 is 17.2 Å². The Morgan fingerprint density at radius 1 is 1.06 bits per heavy atom. The summed E-state index contributed by atoms with van der Waals surface area (Å²) in [5.74, 6) is 0. The Kier molecular flexibility index (Phi) is 2.11. The third kappa shape index (κ3) is 1.46. The molecule has 3 heterocycles. The first-order chi connectivity index (χ1) is 7.84. The Hall–Kier alpha value is -1.87. The highest BCUT2D eigenvalue weighted by atomic mass is 35.5. The van der Waals surface area contributed by atoms with Gasteiger partial charge in [-0.2, -0.15) is 0 Å². The average Bonchev–Trinajstić information content (AvgIpc) is 2.76. The van der Waals surface area contributed by atoms with E-state index in [4.69, 9.17) is 11.6 Å². The van der Waals surface area contributed by atoms with Crippen molar-refractivity contribution in [1.29, 1.82) is 0 Å². The fourth-order valence-corrected chi connectivity index (χ4v) is 1.91. The molecule has 78 valence electrons. The molecule has 0 radical (unpaired) electrons. The lowest BCUT2D eigenvalue weighted by atomic mass is 10.1. The second kappa shape index (κ2) is 3.61. The van der Waals surface area contributed by atoms with E-state index in [2.05, 4.69) is 9.97 Å². The van der Waals surface area contributed by atoms with Crippen molar-refractivity contribution < 1.29 is 0 Å². The molecule has 3 nitrogen and oxygen atoms in total. The summed E-state index contributed by atoms with van der Waals surface area (Å²) >= 11 is 6.05. The molecule has 16 heavy (non-hydrogen) atoms. The largest absolute Gasteiger partial charge is 0.306 e. The molecule has 3 aromatic rings. The van der Waals surface area contributed by atoms with Crippen LogP contribution in [-0.2, 0) is 0 Å². The fraction of sp³-hybridized carbons (Fsp3) is 0. The van der Waals surface area contributed by atoms with Crippen molar-refractivity contribution in [2.75, 3.05) is 0 Å². The summed E-state index contributed by atoms with van der Waals surface area (Å²) in [5, 5.41) is 0.516. The second-order valence-corrected chi connectivity index (χ2v) is 3.81. The van der Waals surface area contributed by atoms with Crippen LogP contribution >= 0.6 is 11.6 Å². The Morgan fingerprint density at radius 3 is 2.88 bits per heavy atom. The van der Waals surface area contributed by atoms with Gasteiger partial charge in [-0.25, -0.2) is 9.97 Å². The molecule has 0 aromatic carbocycles. The minimum absolute atomic E-state index is 0.516. The van der Waals surface area contributed by atoms with Crippen molar-refractivity contribution in [3.8, 4) is 11.1 Å². The topological polar surface area (TPSA) is 30.2 Å². The molecule has 0 saturated carbocycles. The Morgan fingerprint density at radius 2 is 2.00 bits per heavy atom. The number of nitrogens with zero attached hydrogens (tertiary/aromatic N) is 3. The maximum absolute atomic E-state index is 6.05. The zero-order valence-corrected chi connectivity index (χ0v) is 9.09. The lowest BCUT2D eigenvalue weighted by molar-refractivity contribution is 1.18. The first-order valence-corrected chi connectivity index (χ1v) is 5.26. The zero-order chi connectivity index (χ0) is 11.0. The average molecular weight is 230 g/mol. The third-order valence-corrected chi connectivity index (χ3v) is 2.76. The first-order valence-electron chi connectivity index (χ1n) is 4.88. The molecule has 0 aliphatic heterocycles. The number of aromatic nitrogens is 3. The van der Waals surface area contributed by atoms with Crippen LogP contribution in [0.25, 0.3) is 16.8 Å². The van der Waals surface area contributed by atoms with Crippen LogP contribution in [0.3, 0.4) is 0 Å². The van der Waals surface area contributed by atoms with Gasteiger partial charge in [-0.15, -0.1) is 0 Å². The Bertz CT molecular complexity index is 645. The van der Waals surface area contributed by atoms with Gasteiger partial charge in [-0.3, -0.25) is 0 Å². The minimum atomic E-state index is 0.516. The smallest absolute Gasteiger partial charge is 0.136 e. The van der Waals surface area contributed by atoms with Crippen molar-refractivity contribution in [3.05, 3.63) is 54.2 Å². The van der Waals surface area contributed by atoms with E-state index in [9.17, 15) is 0 Å². The lowest BCUT2D eigenvalue weighted by Gasteiger charge is -2.03. The van der Waals surface area contributed by atoms with Gasteiger partial charge in [0.15, 0.2) is 0 Å². The van der Waals surface area contributed by atoms with Crippen LogP contribution in [0.1, 0.15) is 0 Å². The summed E-state index contributed by atoms with van der Waals surface area (Å²) in [6.07, 6.45) is 7.35. The standard InChI is InChI=1S/C12H8ClN3/c13-12-10(2-1-5-15-12)9-3-4-11-14-6-7-16(11)8-9/h1-8H. The first kappa shape index (κ1) is 9.36. The predicted octanol–water partition coefficient (Wildman–Crippen LogP) is 3.05. The fourth-order valence-electron chi connectivity index (χ4n) is 1.68. The van der Waals surface area contributed by atoms with Gasteiger partial charge in [0.2, 0.25) is 0 Å². The second-order valence-electron chi connectivity index (χ2n) is 3.45. The highest BCUT2D eigenvalue weighted by molar-refractivity contribution is 6.32. The molecule has 4 heteroatoms. The van der Waals surface area contributed by atoms with Crippen LogP contribution in [0.4, 0.5) is 0 Å². The maximum atomic E-state index is 6.05. The van der Waals surface area contributed by atoms with E-state index in [1.165, 1.54) is 0 Å². The van der Waals surface area contributed by atoms with Gasteiger partial charge in [-0.1, -0.05) is 11.6 Å². The molecule has 3 aromatic heterocycles. The van der Waals surface area contributed by atoms with E-state index in [0.29, 0.717) is 5.15 Å². The number of hydrogen-bond acceptors (Lipinski definition) is 2. The van der Waals surface area contributed by atoms with Gasteiger partial charge in [0.25, 0.3) is 0 Å². The minimum Gasteiger partial charge on any atom is -0.306 e. The van der Waals surface area contributed by atoms with Crippen molar-refractivity contribution in [3.63, 3.8) is 0 Å². The van der Waals surface area contributed by atoms with Crippen LogP contribution in [0.5, 0.6) is 0 Å². The number of fused-ring (bicyclic) bond motifs is 1. The van der Waals surface area contributed by atoms with Crippen LogP contribution in [0.15, 0.2) is 49.1 Å². The van der Waals surface area contributed by atoms with Crippen molar-refractivity contribution in [2.24, 2.45) is 0 Å². The summed E-state index contributed by atoms with van der Waals surface area (Å²) in [7, 11) is 0. The van der Waals surface area contributed by atoms with Gasteiger partial charge in [0.05, 0.1) is 0 Å². The molecule has 0 bridgehead atoms. The normalized spacial score (nSPS) is 10.8. The molecule has 0 unspecified atom stereocenters. The lowest BCUT2D eigenvalue weighted by Crippen LogP contribution is -1.87. The third-order valence-electron chi connectivity index (χ3n) is 2.46. The quantitative estimate of drug-likeness (QED) is 0.601. The molecule has 0 amide bonds. The molecule has 0 saturated heterocycles. The van der Waals surface area contributed by atoms with Gasteiger partial charge in [-0.05, 0) is 24.3 Å². The van der Waals surface area contributed by atoms with Crippen LogP contribution in [0, 0.1) is 0 Å². The van der Waals surface area contributed by atoms with Gasteiger partial charge < -0.3 is 4.40 Å². The monoisotopic (exact) mass is 229 g/mol. The van der Waals surface area contributed by atoms with Crippen LogP contribution < -0.4 is 0 Å². The zero-order valence-electron chi connectivity index (χ0n) is 8.34.